The molecular weight excluding hydrogens is 372 g/mol. The second kappa shape index (κ2) is 7.07. The van der Waals surface area contributed by atoms with E-state index in [0.717, 1.165) is 30.6 Å². The molecule has 0 aromatic heterocycles. The summed E-state index contributed by atoms with van der Waals surface area (Å²) in [5.74, 6) is 2.44. The second-order valence-corrected chi connectivity index (χ2v) is 12.9. The number of carbonyl (C=O) groups excluding carboxylic acids is 1. The first-order valence-electron chi connectivity index (χ1n) is 12.6. The zero-order valence-electron chi connectivity index (χ0n) is 20.2. The molecule has 0 heterocycles. The third-order valence-corrected chi connectivity index (χ3v) is 11.7. The molecule has 30 heavy (non-hydrogen) atoms. The predicted molar refractivity (Wildman–Crippen MR) is 120 cm³/mol. The van der Waals surface area contributed by atoms with Crippen LogP contribution in [0.4, 0.5) is 0 Å². The quantitative estimate of drug-likeness (QED) is 0.552. The van der Waals surface area contributed by atoms with Crippen molar-refractivity contribution in [2.45, 2.75) is 106 Å². The minimum atomic E-state index is -0.764. The van der Waals surface area contributed by atoms with E-state index in [2.05, 4.69) is 41.5 Å². The zero-order valence-corrected chi connectivity index (χ0v) is 20.2. The molecule has 4 rings (SSSR count). The lowest BCUT2D eigenvalue weighted by molar-refractivity contribution is -0.219. The van der Waals surface area contributed by atoms with E-state index in [0.29, 0.717) is 35.4 Å². The first-order valence-corrected chi connectivity index (χ1v) is 12.6. The molecule has 0 unspecified atom stereocenters. The minimum absolute atomic E-state index is 0.0250. The molecule has 4 aliphatic carbocycles. The van der Waals surface area contributed by atoms with Crippen LogP contribution in [0.3, 0.4) is 0 Å². The summed E-state index contributed by atoms with van der Waals surface area (Å²) in [5, 5.41) is 9.28. The highest BCUT2D eigenvalue weighted by Crippen LogP contribution is 2.76. The first kappa shape index (κ1) is 22.3. The lowest BCUT2D eigenvalue weighted by Crippen LogP contribution is -2.64. The number of carbonyl (C=O) groups is 2. The van der Waals surface area contributed by atoms with Gasteiger partial charge in [-0.1, -0.05) is 41.5 Å². The molecule has 3 heteroatoms. The van der Waals surface area contributed by atoms with Crippen LogP contribution >= 0.6 is 0 Å². The van der Waals surface area contributed by atoms with Crippen molar-refractivity contribution in [2.24, 2.45) is 51.2 Å². The summed E-state index contributed by atoms with van der Waals surface area (Å²) in [6.07, 6.45) is 10.00. The normalized spacial score (nSPS) is 50.7. The van der Waals surface area contributed by atoms with Gasteiger partial charge in [-0.05, 0) is 96.7 Å². The molecule has 0 spiro atoms. The number of Topliss-reactive ketones (excluding diaryl/α,β-unsaturated/α-hetero) is 1. The van der Waals surface area contributed by atoms with Crippen molar-refractivity contribution < 1.29 is 14.7 Å². The Kier molecular flexibility index (Phi) is 5.27. The van der Waals surface area contributed by atoms with E-state index in [-0.39, 0.29) is 23.2 Å². The second-order valence-electron chi connectivity index (χ2n) is 12.9. The topological polar surface area (TPSA) is 54.4 Å². The van der Waals surface area contributed by atoms with Gasteiger partial charge in [-0.3, -0.25) is 9.59 Å². The van der Waals surface area contributed by atoms with Crippen molar-refractivity contribution in [3.63, 3.8) is 0 Å². The maximum atomic E-state index is 13.0. The van der Waals surface area contributed by atoms with Gasteiger partial charge in [0.05, 0.1) is 0 Å². The van der Waals surface area contributed by atoms with Gasteiger partial charge in [0.15, 0.2) is 0 Å². The monoisotopic (exact) mass is 416 g/mol. The molecule has 0 bridgehead atoms. The zero-order chi connectivity index (χ0) is 22.1. The Hall–Kier alpha value is -0.860. The number of hydrogen-bond donors (Lipinski definition) is 1. The Morgan fingerprint density at radius 3 is 2.07 bits per heavy atom. The predicted octanol–water partition coefficient (Wildman–Crippen LogP) is 6.74. The summed E-state index contributed by atoms with van der Waals surface area (Å²) in [6, 6.07) is 0. The summed E-state index contributed by atoms with van der Waals surface area (Å²) in [7, 11) is 0. The Balaban J connectivity index is 1.69. The Bertz CT molecular complexity index is 728. The fourth-order valence-electron chi connectivity index (χ4n) is 10.1. The molecule has 0 aliphatic heterocycles. The van der Waals surface area contributed by atoms with Gasteiger partial charge in [0.25, 0.3) is 0 Å². The SMILES string of the molecule is CC(C)[C@@H]1CC[C@@H]2[C@@]1(C)CC[C@@]1(C)[C@H]3CCC(=O)[C@H](CCC(=O)O)[C@@]3(C)CC[C@]21C. The lowest BCUT2D eigenvalue weighted by atomic mass is 9.34. The number of carboxylic acid groups (broad SMARTS) is 1. The van der Waals surface area contributed by atoms with Crippen LogP contribution in [0.25, 0.3) is 0 Å². The molecule has 0 saturated heterocycles. The number of ketones is 1. The van der Waals surface area contributed by atoms with Crippen molar-refractivity contribution in [3.05, 3.63) is 0 Å². The molecule has 3 nitrogen and oxygen atoms in total. The molecule has 4 saturated carbocycles. The van der Waals surface area contributed by atoms with Crippen LogP contribution in [0, 0.1) is 51.2 Å². The van der Waals surface area contributed by atoms with E-state index in [9.17, 15) is 14.7 Å². The third kappa shape index (κ3) is 2.82. The van der Waals surface area contributed by atoms with Gasteiger partial charge in [-0.15, -0.1) is 0 Å². The van der Waals surface area contributed by atoms with Crippen LogP contribution in [0.1, 0.15) is 106 Å². The summed E-state index contributed by atoms with van der Waals surface area (Å²) in [5.41, 5.74) is 1.04. The first-order chi connectivity index (χ1) is 13.9. The Morgan fingerprint density at radius 2 is 1.50 bits per heavy atom. The largest absolute Gasteiger partial charge is 0.481 e. The molecule has 0 radical (unpaired) electrons. The van der Waals surface area contributed by atoms with Crippen molar-refractivity contribution in [2.75, 3.05) is 0 Å². The minimum Gasteiger partial charge on any atom is -0.481 e. The van der Waals surface area contributed by atoms with E-state index in [1.54, 1.807) is 0 Å². The molecular formula is C27H44O3. The molecule has 8 atom stereocenters. The van der Waals surface area contributed by atoms with Gasteiger partial charge in [0.1, 0.15) is 5.78 Å². The number of carboxylic acids is 1. The van der Waals surface area contributed by atoms with Gasteiger partial charge in [-0.25, -0.2) is 0 Å². The molecule has 0 aromatic rings. The van der Waals surface area contributed by atoms with E-state index < -0.39 is 5.97 Å². The third-order valence-electron chi connectivity index (χ3n) is 11.7. The summed E-state index contributed by atoms with van der Waals surface area (Å²) < 4.78 is 0. The molecule has 4 aliphatic rings. The summed E-state index contributed by atoms with van der Waals surface area (Å²) in [4.78, 5) is 24.3. The lowest BCUT2D eigenvalue weighted by Gasteiger charge is -2.70. The van der Waals surface area contributed by atoms with Gasteiger partial charge in [0.2, 0.25) is 0 Å². The molecule has 0 amide bonds. The average Bonchev–Trinajstić information content (AvgIpc) is 3.01. The highest BCUT2D eigenvalue weighted by molar-refractivity contribution is 5.83. The summed E-state index contributed by atoms with van der Waals surface area (Å²) >= 11 is 0. The molecule has 170 valence electrons. The fraction of sp³-hybridized carbons (Fsp3) is 0.926. The number of hydrogen-bond acceptors (Lipinski definition) is 2. The van der Waals surface area contributed by atoms with Crippen LogP contribution in [0.15, 0.2) is 0 Å². The van der Waals surface area contributed by atoms with Crippen LogP contribution in [-0.2, 0) is 9.59 Å². The van der Waals surface area contributed by atoms with Crippen LogP contribution < -0.4 is 0 Å². The maximum absolute atomic E-state index is 13.0. The van der Waals surface area contributed by atoms with E-state index in [4.69, 9.17) is 0 Å². The van der Waals surface area contributed by atoms with Crippen LogP contribution in [0.5, 0.6) is 0 Å². The van der Waals surface area contributed by atoms with Gasteiger partial charge < -0.3 is 5.11 Å². The van der Waals surface area contributed by atoms with Gasteiger partial charge >= 0.3 is 5.97 Å². The van der Waals surface area contributed by atoms with Crippen molar-refractivity contribution in [3.8, 4) is 0 Å². The van der Waals surface area contributed by atoms with E-state index in [1.165, 1.54) is 32.1 Å². The highest BCUT2D eigenvalue weighted by Gasteiger charge is 2.70. The smallest absolute Gasteiger partial charge is 0.303 e. The number of rotatable bonds is 4. The van der Waals surface area contributed by atoms with Crippen LogP contribution in [-0.4, -0.2) is 16.9 Å². The van der Waals surface area contributed by atoms with Gasteiger partial charge in [0, 0.05) is 18.8 Å². The number of aliphatic carboxylic acids is 1. The summed E-state index contributed by atoms with van der Waals surface area (Å²) in [6.45, 7) is 15.0. The number of fused-ring (bicyclic) bond motifs is 5. The highest BCUT2D eigenvalue weighted by atomic mass is 16.4. The fourth-order valence-corrected chi connectivity index (χ4v) is 10.1. The van der Waals surface area contributed by atoms with E-state index >= 15 is 0 Å². The standard InChI is InChI=1S/C27H44O3/c1-17(2)18-7-10-21-24(18,3)13-15-27(6)22-11-9-20(28)19(8-12-23(29)30)25(22,4)14-16-26(21,27)5/h17-19,21-22H,7-16H2,1-6H3,(H,29,30)/t18-,19-,21+,22-,24-,25+,26+,27-/m0/s1. The average molecular weight is 417 g/mol. The maximum Gasteiger partial charge on any atom is 0.303 e. The molecule has 0 aromatic carbocycles. The van der Waals surface area contributed by atoms with Crippen LogP contribution in [0.2, 0.25) is 0 Å². The molecule has 1 N–H and O–H groups in total. The van der Waals surface area contributed by atoms with Gasteiger partial charge in [-0.2, -0.15) is 0 Å². The van der Waals surface area contributed by atoms with Crippen molar-refractivity contribution >= 4 is 11.8 Å². The molecule has 4 fully saturated rings. The van der Waals surface area contributed by atoms with E-state index in [1.807, 2.05) is 0 Å². The van der Waals surface area contributed by atoms with Crippen molar-refractivity contribution in [1.82, 2.24) is 0 Å². The Morgan fingerprint density at radius 1 is 0.933 bits per heavy atom. The Labute approximate surface area is 183 Å². The van der Waals surface area contributed by atoms with Crippen molar-refractivity contribution in [1.29, 1.82) is 0 Å².